The van der Waals surface area contributed by atoms with E-state index in [9.17, 15) is 32.8 Å². The number of halogens is 2. The monoisotopic (exact) mass is 803 g/mol. The summed E-state index contributed by atoms with van der Waals surface area (Å²) >= 11 is 0. The number of rotatable bonds is 21. The van der Waals surface area contributed by atoms with Gasteiger partial charge in [-0.3, -0.25) is 29.0 Å². The fourth-order valence-electron chi connectivity index (χ4n) is 5.64. The summed E-state index contributed by atoms with van der Waals surface area (Å²) in [4.78, 5) is 75.1. The second-order valence-electron chi connectivity index (χ2n) is 13.8. The molecule has 0 aliphatic rings. The third-order valence-electron chi connectivity index (χ3n) is 8.50. The Morgan fingerprint density at radius 1 is 0.638 bits per heavy atom. The van der Waals surface area contributed by atoms with Crippen molar-refractivity contribution in [1.29, 1.82) is 0 Å². The van der Waals surface area contributed by atoms with E-state index in [-0.39, 0.29) is 50.1 Å². The molecule has 0 saturated heterocycles. The summed E-state index contributed by atoms with van der Waals surface area (Å²) in [6, 6.07) is 12.3. The number of hydrogen-bond acceptors (Lipinski definition) is 7. The Hall–Kier alpha value is -6.85. The average Bonchev–Trinajstić information content (AvgIpc) is 3.15. The molecule has 18 heteroatoms. The van der Waals surface area contributed by atoms with Crippen LogP contribution in [0.15, 0.2) is 88.9 Å². The van der Waals surface area contributed by atoms with Crippen molar-refractivity contribution in [3.8, 4) is 0 Å². The molecule has 0 saturated carbocycles. The highest BCUT2D eigenvalue weighted by atomic mass is 19.1. The summed E-state index contributed by atoms with van der Waals surface area (Å²) in [5.74, 6) is -5.07. The minimum Gasteiger partial charge on any atom is -0.370 e. The summed E-state index contributed by atoms with van der Waals surface area (Å²) in [7, 11) is 0. The number of hydrogen-bond donors (Lipinski definition) is 9. The molecular weight excluding hydrogens is 753 g/mol. The first-order chi connectivity index (χ1) is 27.5. The summed E-state index contributed by atoms with van der Waals surface area (Å²) in [5.41, 5.74) is 29.3. The van der Waals surface area contributed by atoms with Gasteiger partial charge in [0.05, 0.1) is 5.69 Å². The summed E-state index contributed by atoms with van der Waals surface area (Å²) in [6.07, 6.45) is 2.99. The van der Waals surface area contributed by atoms with Crippen molar-refractivity contribution in [2.45, 2.75) is 70.1 Å². The number of guanidine groups is 2. The smallest absolute Gasteiger partial charge is 0.244 e. The zero-order valence-corrected chi connectivity index (χ0v) is 32.3. The molecule has 0 aromatic heterocycles. The lowest BCUT2D eigenvalue weighted by Gasteiger charge is -2.27. The predicted octanol–water partition coefficient (Wildman–Crippen LogP) is 0.893. The molecular formula is C40H51F2N11O5. The van der Waals surface area contributed by atoms with Crippen molar-refractivity contribution in [2.24, 2.45) is 44.6 Å². The third-order valence-corrected chi connectivity index (χ3v) is 8.50. The number of benzene rings is 3. The molecule has 0 bridgehead atoms. The number of carbonyl (C=O) groups is 5. The molecule has 5 amide bonds. The second kappa shape index (κ2) is 22.6. The van der Waals surface area contributed by atoms with Gasteiger partial charge < -0.3 is 49.9 Å². The first-order valence-electron chi connectivity index (χ1n) is 18.4. The Labute approximate surface area is 335 Å². The van der Waals surface area contributed by atoms with Gasteiger partial charge >= 0.3 is 0 Å². The minimum absolute atomic E-state index is 0.0912. The van der Waals surface area contributed by atoms with Gasteiger partial charge in [-0.1, -0.05) is 50.2 Å². The molecule has 3 aromatic rings. The van der Waals surface area contributed by atoms with Crippen LogP contribution in [0.25, 0.3) is 6.08 Å². The number of aliphatic imine (C=N–C) groups is 2. The summed E-state index contributed by atoms with van der Waals surface area (Å²) in [6.45, 7) is 3.85. The molecule has 4 atom stereocenters. The van der Waals surface area contributed by atoms with Crippen LogP contribution in [0.3, 0.4) is 0 Å². The fraction of sp³-hybridized carbons (Fsp3) is 0.325. The van der Waals surface area contributed by atoms with Crippen molar-refractivity contribution in [3.63, 3.8) is 0 Å². The number of carbonyl (C=O) groups excluding carboxylic acids is 5. The van der Waals surface area contributed by atoms with E-state index in [1.807, 2.05) is 13.8 Å². The van der Waals surface area contributed by atoms with Crippen molar-refractivity contribution >= 4 is 53.2 Å². The van der Waals surface area contributed by atoms with E-state index in [4.69, 9.17) is 28.7 Å². The second-order valence-corrected chi connectivity index (χ2v) is 13.8. The van der Waals surface area contributed by atoms with Gasteiger partial charge in [0.2, 0.25) is 29.5 Å². The maximum Gasteiger partial charge on any atom is 0.244 e. The first-order valence-corrected chi connectivity index (χ1v) is 18.4. The Bertz CT molecular complexity index is 1950. The van der Waals surface area contributed by atoms with Crippen LogP contribution in [0.4, 0.5) is 14.5 Å². The Balaban J connectivity index is 1.92. The Kier molecular flexibility index (Phi) is 17.8. The maximum atomic E-state index is 14.2. The van der Waals surface area contributed by atoms with Crippen LogP contribution in [0.2, 0.25) is 0 Å². The molecule has 0 radical (unpaired) electrons. The lowest BCUT2D eigenvalue weighted by atomic mass is 9.99. The van der Waals surface area contributed by atoms with Gasteiger partial charge in [0, 0.05) is 25.5 Å². The van der Waals surface area contributed by atoms with E-state index >= 15 is 0 Å². The molecule has 58 heavy (non-hydrogen) atoms. The molecule has 0 fully saturated rings. The molecule has 0 spiro atoms. The van der Waals surface area contributed by atoms with E-state index in [1.54, 1.807) is 24.3 Å². The van der Waals surface area contributed by atoms with Gasteiger partial charge in [-0.05, 0) is 84.3 Å². The number of primary amides is 1. The molecule has 3 aromatic carbocycles. The number of nitrogens with one attached hydrogen (secondary N) is 4. The van der Waals surface area contributed by atoms with Crippen LogP contribution in [-0.4, -0.2) is 72.2 Å². The lowest BCUT2D eigenvalue weighted by molar-refractivity contribution is -0.134. The van der Waals surface area contributed by atoms with Gasteiger partial charge in [0.1, 0.15) is 35.8 Å². The Morgan fingerprint density at radius 2 is 1.12 bits per heavy atom. The zero-order valence-electron chi connectivity index (χ0n) is 32.3. The topological polar surface area (TPSA) is 288 Å². The molecule has 16 nitrogen and oxygen atoms in total. The van der Waals surface area contributed by atoms with E-state index in [2.05, 4.69) is 31.3 Å². The average molecular weight is 804 g/mol. The van der Waals surface area contributed by atoms with E-state index in [1.165, 1.54) is 54.6 Å². The predicted molar refractivity (Wildman–Crippen MR) is 217 cm³/mol. The van der Waals surface area contributed by atoms with E-state index in [0.717, 1.165) is 6.08 Å². The molecule has 0 aliphatic heterocycles. The Morgan fingerprint density at radius 3 is 1.64 bits per heavy atom. The zero-order chi connectivity index (χ0) is 42.8. The SMILES string of the molecule is CC(C)C[C@H](NC(=O)[C@H](Cc1ccc(N=C(N)N)cc1)NC(=O)[C@H](Cc1ccc(F)cc1)NC(=O)/C=C/c1ccc(F)cc1)C(=O)N[C@@H](CCCN=C(N)N)C(N)=O. The molecule has 310 valence electrons. The minimum atomic E-state index is -1.32. The van der Waals surface area contributed by atoms with Gasteiger partial charge in [-0.15, -0.1) is 0 Å². The van der Waals surface area contributed by atoms with Gasteiger partial charge in [0.25, 0.3) is 0 Å². The lowest BCUT2D eigenvalue weighted by Crippen LogP contribution is -2.59. The van der Waals surface area contributed by atoms with Crippen molar-refractivity contribution in [1.82, 2.24) is 21.3 Å². The first kappa shape index (κ1) is 45.5. The van der Waals surface area contributed by atoms with Crippen LogP contribution in [0, 0.1) is 17.6 Å². The molecule has 3 rings (SSSR count). The van der Waals surface area contributed by atoms with Crippen molar-refractivity contribution in [3.05, 3.63) is 107 Å². The summed E-state index contributed by atoms with van der Waals surface area (Å²) in [5, 5.41) is 10.7. The molecule has 0 unspecified atom stereocenters. The highest BCUT2D eigenvalue weighted by molar-refractivity contribution is 5.98. The van der Waals surface area contributed by atoms with E-state index in [0.29, 0.717) is 28.8 Å². The van der Waals surface area contributed by atoms with Crippen LogP contribution < -0.4 is 49.9 Å². The largest absolute Gasteiger partial charge is 0.370 e. The molecule has 14 N–H and O–H groups in total. The normalized spacial score (nSPS) is 13.1. The quantitative estimate of drug-likeness (QED) is 0.0320. The van der Waals surface area contributed by atoms with Gasteiger partial charge in [0.15, 0.2) is 11.9 Å². The van der Waals surface area contributed by atoms with E-state index < -0.39 is 65.3 Å². The van der Waals surface area contributed by atoms with Gasteiger partial charge in [-0.25, -0.2) is 13.8 Å². The van der Waals surface area contributed by atoms with Gasteiger partial charge in [-0.2, -0.15) is 0 Å². The number of amides is 5. The highest BCUT2D eigenvalue weighted by Crippen LogP contribution is 2.16. The summed E-state index contributed by atoms with van der Waals surface area (Å²) < 4.78 is 27.2. The van der Waals surface area contributed by atoms with Crippen LogP contribution in [0.1, 0.15) is 49.8 Å². The fourth-order valence-corrected chi connectivity index (χ4v) is 5.64. The number of nitrogens with two attached hydrogens (primary N) is 5. The van der Waals surface area contributed by atoms with Crippen LogP contribution in [0.5, 0.6) is 0 Å². The maximum absolute atomic E-state index is 14.2. The molecule has 0 heterocycles. The van der Waals surface area contributed by atoms with Crippen LogP contribution >= 0.6 is 0 Å². The van der Waals surface area contributed by atoms with Crippen molar-refractivity contribution < 1.29 is 32.8 Å². The molecule has 0 aliphatic carbocycles. The standard InChI is InChI=1S/C40H51F2N11O5/c1-23(2)20-31(36(56)51-30(35(43)55)4-3-19-48-39(44)45)52-38(58)33(22-26-9-16-29(17-10-26)49-40(46)47)53-37(57)32(21-25-7-14-28(42)15-8-25)50-34(54)18-11-24-5-12-27(41)13-6-24/h5-18,23,30-33H,3-4,19-22H2,1-2H3,(H2,43,55)(H,50,54)(H,51,56)(H,52,58)(H,53,57)(H4,44,45,48)(H4,46,47,49)/b18-11+/t30-,31-,32-,33-/m0/s1. The third kappa shape index (κ3) is 16.5. The van der Waals surface area contributed by atoms with Crippen molar-refractivity contribution in [2.75, 3.05) is 6.54 Å². The highest BCUT2D eigenvalue weighted by Gasteiger charge is 2.31. The van der Waals surface area contributed by atoms with Crippen LogP contribution in [-0.2, 0) is 36.8 Å². The number of nitrogens with zero attached hydrogens (tertiary/aromatic N) is 2.